The van der Waals surface area contributed by atoms with Crippen molar-refractivity contribution in [2.45, 2.75) is 39.3 Å². The Kier molecular flexibility index (Phi) is 5.27. The Morgan fingerprint density at radius 1 is 1.45 bits per heavy atom. The van der Waals surface area contributed by atoms with E-state index in [0.29, 0.717) is 11.3 Å². The van der Waals surface area contributed by atoms with Crippen LogP contribution >= 0.6 is 0 Å². The second kappa shape index (κ2) is 6.52. The van der Waals surface area contributed by atoms with Gasteiger partial charge in [-0.25, -0.2) is 9.18 Å². The summed E-state index contributed by atoms with van der Waals surface area (Å²) in [5.41, 5.74) is 5.82. The number of halogens is 1. The molecule has 4 nitrogen and oxygen atoms in total. The molecule has 1 rings (SSSR count). The van der Waals surface area contributed by atoms with Gasteiger partial charge in [0.05, 0.1) is 0 Å². The van der Waals surface area contributed by atoms with Gasteiger partial charge in [0.2, 0.25) is 0 Å². The summed E-state index contributed by atoms with van der Waals surface area (Å²) in [5.74, 6) is -0.378. The highest BCUT2D eigenvalue weighted by molar-refractivity contribution is 5.85. The van der Waals surface area contributed by atoms with Gasteiger partial charge in [0.15, 0.2) is 0 Å². The first-order chi connectivity index (χ1) is 9.17. The number of carbonyl (C=O) groups excluding carboxylic acids is 1. The highest BCUT2D eigenvalue weighted by atomic mass is 19.1. The van der Waals surface area contributed by atoms with Gasteiger partial charge >= 0.3 is 6.09 Å². The fraction of sp³-hybridized carbons (Fsp3) is 0.400. The van der Waals surface area contributed by atoms with E-state index in [9.17, 15) is 9.18 Å². The molecule has 20 heavy (non-hydrogen) atoms. The highest BCUT2D eigenvalue weighted by Gasteiger charge is 2.16. The summed E-state index contributed by atoms with van der Waals surface area (Å²) in [6.07, 6.45) is 2.68. The lowest BCUT2D eigenvalue weighted by Crippen LogP contribution is -2.27. The van der Waals surface area contributed by atoms with E-state index in [2.05, 4.69) is 5.32 Å². The predicted molar refractivity (Wildman–Crippen MR) is 78.9 cm³/mol. The zero-order valence-electron chi connectivity index (χ0n) is 12.2. The third-order valence-electron chi connectivity index (χ3n) is 2.22. The van der Waals surface area contributed by atoms with Crippen molar-refractivity contribution in [1.82, 2.24) is 0 Å². The number of ether oxygens (including phenoxy) is 1. The average molecular weight is 280 g/mol. The number of rotatable bonds is 3. The molecule has 0 spiro atoms. The smallest absolute Gasteiger partial charge is 0.412 e. The quantitative estimate of drug-likeness (QED) is 0.890. The van der Waals surface area contributed by atoms with Crippen LogP contribution in [-0.2, 0) is 4.74 Å². The summed E-state index contributed by atoms with van der Waals surface area (Å²) in [6, 6.07) is 4.12. The summed E-state index contributed by atoms with van der Waals surface area (Å²) in [4.78, 5) is 11.6. The van der Waals surface area contributed by atoms with Crippen molar-refractivity contribution in [3.05, 3.63) is 35.7 Å². The molecule has 1 atom stereocenters. The van der Waals surface area contributed by atoms with Crippen molar-refractivity contribution >= 4 is 17.9 Å². The summed E-state index contributed by atoms with van der Waals surface area (Å²) >= 11 is 0. The van der Waals surface area contributed by atoms with E-state index in [-0.39, 0.29) is 11.9 Å². The summed E-state index contributed by atoms with van der Waals surface area (Å²) in [7, 11) is 0. The lowest BCUT2D eigenvalue weighted by atomic mass is 10.1. The molecule has 1 aromatic carbocycles. The minimum absolute atomic E-state index is 0.170. The van der Waals surface area contributed by atoms with E-state index in [1.807, 2.05) is 0 Å². The van der Waals surface area contributed by atoms with Crippen molar-refractivity contribution in [1.29, 1.82) is 0 Å². The summed E-state index contributed by atoms with van der Waals surface area (Å²) < 4.78 is 18.7. The lowest BCUT2D eigenvalue weighted by Gasteiger charge is -2.19. The van der Waals surface area contributed by atoms with E-state index in [1.54, 1.807) is 39.8 Å². The normalized spacial score (nSPS) is 13.3. The number of anilines is 1. The van der Waals surface area contributed by atoms with Crippen molar-refractivity contribution in [3.63, 3.8) is 0 Å². The first kappa shape index (κ1) is 16.2. The predicted octanol–water partition coefficient (Wildman–Crippen LogP) is 3.53. The molecular weight excluding hydrogens is 259 g/mol. The van der Waals surface area contributed by atoms with E-state index in [4.69, 9.17) is 10.5 Å². The molecule has 0 aliphatic heterocycles. The molecule has 0 bridgehead atoms. The van der Waals surface area contributed by atoms with Gasteiger partial charge in [-0.05, 0) is 45.9 Å². The van der Waals surface area contributed by atoms with Gasteiger partial charge < -0.3 is 10.5 Å². The van der Waals surface area contributed by atoms with E-state index < -0.39 is 11.7 Å². The maximum atomic E-state index is 13.6. The fourth-order valence-electron chi connectivity index (χ4n) is 1.43. The number of hydrogen-bond acceptors (Lipinski definition) is 3. The zero-order chi connectivity index (χ0) is 15.3. The summed E-state index contributed by atoms with van der Waals surface area (Å²) in [5, 5.41) is 2.56. The Morgan fingerprint density at radius 2 is 2.10 bits per heavy atom. The average Bonchev–Trinajstić information content (AvgIpc) is 2.27. The third-order valence-corrected chi connectivity index (χ3v) is 2.22. The van der Waals surface area contributed by atoms with Crippen LogP contribution in [0.25, 0.3) is 6.08 Å². The Morgan fingerprint density at radius 3 is 2.65 bits per heavy atom. The number of nitrogens with one attached hydrogen (secondary N) is 1. The minimum Gasteiger partial charge on any atom is -0.444 e. The molecule has 0 aromatic heterocycles. The van der Waals surface area contributed by atoms with Gasteiger partial charge in [-0.2, -0.15) is 0 Å². The van der Waals surface area contributed by atoms with Crippen LogP contribution in [0.15, 0.2) is 24.3 Å². The Labute approximate surface area is 118 Å². The Hall–Kier alpha value is -1.88. The molecule has 0 fully saturated rings. The molecular formula is C15H21FN2O2. The SMILES string of the molecule is CC(N)/C=C/c1cc(NC(=O)OC(C)(C)C)ccc1F. The Balaban J connectivity index is 2.82. The van der Waals surface area contributed by atoms with E-state index in [0.717, 1.165) is 0 Å². The van der Waals surface area contributed by atoms with Crippen LogP contribution in [0.2, 0.25) is 0 Å². The van der Waals surface area contributed by atoms with Crippen LogP contribution in [0.4, 0.5) is 14.9 Å². The van der Waals surface area contributed by atoms with Gasteiger partial charge in [0, 0.05) is 17.3 Å². The van der Waals surface area contributed by atoms with Crippen LogP contribution in [-0.4, -0.2) is 17.7 Å². The lowest BCUT2D eigenvalue weighted by molar-refractivity contribution is 0.0636. The van der Waals surface area contributed by atoms with E-state index in [1.165, 1.54) is 18.2 Å². The second-order valence-corrected chi connectivity index (χ2v) is 5.58. The van der Waals surface area contributed by atoms with Crippen molar-refractivity contribution in [2.75, 3.05) is 5.32 Å². The van der Waals surface area contributed by atoms with Crippen LogP contribution in [0.1, 0.15) is 33.3 Å². The molecule has 0 saturated heterocycles. The topological polar surface area (TPSA) is 64.3 Å². The van der Waals surface area contributed by atoms with Gasteiger partial charge in [-0.15, -0.1) is 0 Å². The molecule has 0 radical (unpaired) electrons. The number of amides is 1. The van der Waals surface area contributed by atoms with Gasteiger partial charge in [0.25, 0.3) is 0 Å². The molecule has 0 heterocycles. The molecule has 0 aliphatic carbocycles. The number of carbonyl (C=O) groups is 1. The molecule has 3 N–H and O–H groups in total. The molecule has 1 unspecified atom stereocenters. The zero-order valence-corrected chi connectivity index (χ0v) is 12.2. The first-order valence-electron chi connectivity index (χ1n) is 6.41. The largest absolute Gasteiger partial charge is 0.444 e. The molecule has 1 amide bonds. The second-order valence-electron chi connectivity index (χ2n) is 5.58. The minimum atomic E-state index is -0.582. The van der Waals surface area contributed by atoms with Crippen molar-refractivity contribution in [2.24, 2.45) is 5.73 Å². The molecule has 1 aromatic rings. The number of benzene rings is 1. The number of hydrogen-bond donors (Lipinski definition) is 2. The van der Waals surface area contributed by atoms with Crippen molar-refractivity contribution < 1.29 is 13.9 Å². The van der Waals surface area contributed by atoms with Gasteiger partial charge in [0.1, 0.15) is 11.4 Å². The van der Waals surface area contributed by atoms with Gasteiger partial charge in [-0.3, -0.25) is 5.32 Å². The molecule has 0 aliphatic rings. The number of nitrogens with two attached hydrogens (primary N) is 1. The van der Waals surface area contributed by atoms with Crippen molar-refractivity contribution in [3.8, 4) is 0 Å². The highest BCUT2D eigenvalue weighted by Crippen LogP contribution is 2.17. The molecule has 0 saturated carbocycles. The third kappa shape index (κ3) is 5.84. The molecule has 110 valence electrons. The van der Waals surface area contributed by atoms with E-state index >= 15 is 0 Å². The van der Waals surface area contributed by atoms with Crippen LogP contribution in [0.5, 0.6) is 0 Å². The monoisotopic (exact) mass is 280 g/mol. The maximum Gasteiger partial charge on any atom is 0.412 e. The fourth-order valence-corrected chi connectivity index (χ4v) is 1.43. The first-order valence-corrected chi connectivity index (χ1v) is 6.41. The Bertz CT molecular complexity index is 505. The van der Waals surface area contributed by atoms with Gasteiger partial charge in [-0.1, -0.05) is 12.2 Å². The summed E-state index contributed by atoms with van der Waals surface area (Å²) in [6.45, 7) is 7.10. The van der Waals surface area contributed by atoms with Crippen LogP contribution in [0, 0.1) is 5.82 Å². The van der Waals surface area contributed by atoms with Crippen LogP contribution in [0.3, 0.4) is 0 Å². The standard InChI is InChI=1S/C15H21FN2O2/c1-10(17)5-6-11-9-12(7-8-13(11)16)18-14(19)20-15(2,3)4/h5-10H,17H2,1-4H3,(H,18,19)/b6-5+. The maximum absolute atomic E-state index is 13.6. The molecule has 5 heteroatoms. The van der Waals surface area contributed by atoms with Crippen LogP contribution < -0.4 is 11.1 Å².